The van der Waals surface area contributed by atoms with Crippen LogP contribution in [0.25, 0.3) is 10.9 Å². The summed E-state index contributed by atoms with van der Waals surface area (Å²) in [5.41, 5.74) is 3.33. The lowest BCUT2D eigenvalue weighted by Crippen LogP contribution is -2.14. The smallest absolute Gasteiger partial charge is 0.354 e. The fraction of sp³-hybridized carbons (Fsp3) is 0.333. The molecule has 4 nitrogen and oxygen atoms in total. The zero-order chi connectivity index (χ0) is 13.4. The Hall–Kier alpha value is -2.10. The van der Waals surface area contributed by atoms with Gasteiger partial charge < -0.3 is 9.72 Å². The summed E-state index contributed by atoms with van der Waals surface area (Å²) in [4.78, 5) is 26.7. The molecule has 2 aromatic rings. The third kappa shape index (κ3) is 1.93. The predicted molar refractivity (Wildman–Crippen MR) is 72.6 cm³/mol. The number of esters is 1. The Labute approximate surface area is 110 Å². The molecule has 1 N–H and O–H groups in total. The number of fused-ring (bicyclic) bond motifs is 3. The maximum atomic E-state index is 12.1. The van der Waals surface area contributed by atoms with E-state index in [2.05, 4.69) is 9.72 Å². The van der Waals surface area contributed by atoms with Crippen molar-refractivity contribution in [2.45, 2.75) is 25.7 Å². The molecule has 1 aliphatic carbocycles. The highest BCUT2D eigenvalue weighted by Gasteiger charge is 2.16. The molecule has 3 rings (SSSR count). The van der Waals surface area contributed by atoms with E-state index in [9.17, 15) is 9.59 Å². The quantitative estimate of drug-likeness (QED) is 0.797. The number of hydrogen-bond acceptors (Lipinski definition) is 3. The van der Waals surface area contributed by atoms with Crippen molar-refractivity contribution in [3.63, 3.8) is 0 Å². The second kappa shape index (κ2) is 4.53. The molecule has 0 aliphatic heterocycles. The number of hydrogen-bond donors (Lipinski definition) is 1. The van der Waals surface area contributed by atoms with Gasteiger partial charge in [0.25, 0.3) is 0 Å². The van der Waals surface area contributed by atoms with Crippen LogP contribution in [0.4, 0.5) is 0 Å². The number of rotatable bonds is 1. The molecule has 0 spiro atoms. The maximum Gasteiger partial charge on any atom is 0.354 e. The number of pyridine rings is 1. The van der Waals surface area contributed by atoms with Gasteiger partial charge in [0.15, 0.2) is 5.43 Å². The number of aryl methyl sites for hydroxylation is 2. The van der Waals surface area contributed by atoms with Crippen molar-refractivity contribution in [3.8, 4) is 0 Å². The van der Waals surface area contributed by atoms with Crippen molar-refractivity contribution < 1.29 is 9.53 Å². The second-order valence-electron chi connectivity index (χ2n) is 4.87. The van der Waals surface area contributed by atoms with Gasteiger partial charge in [0, 0.05) is 11.5 Å². The fourth-order valence-electron chi connectivity index (χ4n) is 2.78. The van der Waals surface area contributed by atoms with Crippen LogP contribution in [0.2, 0.25) is 0 Å². The first-order chi connectivity index (χ1) is 9.20. The standard InChI is InChI=1S/C15H15NO3/c1-19-15(18)12-8-13(17)11-7-6-9-4-2-3-5-10(9)14(11)16-12/h6-8H,2-5H2,1H3,(H,16,17). The van der Waals surface area contributed by atoms with Gasteiger partial charge in [-0.1, -0.05) is 6.07 Å². The van der Waals surface area contributed by atoms with Crippen LogP contribution in [0.3, 0.4) is 0 Å². The lowest BCUT2D eigenvalue weighted by atomic mass is 9.89. The van der Waals surface area contributed by atoms with Crippen LogP contribution >= 0.6 is 0 Å². The highest BCUT2D eigenvalue weighted by molar-refractivity contribution is 5.92. The van der Waals surface area contributed by atoms with E-state index in [1.807, 2.05) is 12.1 Å². The second-order valence-corrected chi connectivity index (χ2v) is 4.87. The van der Waals surface area contributed by atoms with Crippen molar-refractivity contribution >= 4 is 16.9 Å². The predicted octanol–water partition coefficient (Wildman–Crippen LogP) is 2.19. The Morgan fingerprint density at radius 2 is 2.05 bits per heavy atom. The van der Waals surface area contributed by atoms with E-state index >= 15 is 0 Å². The largest absolute Gasteiger partial charge is 0.464 e. The van der Waals surface area contributed by atoms with E-state index in [1.54, 1.807) is 0 Å². The molecule has 0 bridgehead atoms. The minimum absolute atomic E-state index is 0.137. The van der Waals surface area contributed by atoms with E-state index in [4.69, 9.17) is 0 Å². The molecule has 1 heterocycles. The van der Waals surface area contributed by atoms with Crippen LogP contribution in [0.15, 0.2) is 23.0 Å². The summed E-state index contributed by atoms with van der Waals surface area (Å²) in [5, 5.41) is 0.647. The number of ether oxygens (including phenoxy) is 1. The van der Waals surface area contributed by atoms with Crippen molar-refractivity contribution in [1.82, 2.24) is 4.98 Å². The summed E-state index contributed by atoms with van der Waals surface area (Å²) in [6.07, 6.45) is 4.29. The lowest BCUT2D eigenvalue weighted by molar-refractivity contribution is 0.0594. The summed E-state index contributed by atoms with van der Waals surface area (Å²) in [5.74, 6) is -0.507. The molecular weight excluding hydrogens is 242 g/mol. The Bertz CT molecular complexity index is 715. The van der Waals surface area contributed by atoms with Crippen LogP contribution in [-0.2, 0) is 17.6 Å². The zero-order valence-corrected chi connectivity index (χ0v) is 10.8. The molecule has 0 fully saturated rings. The molecule has 1 aromatic heterocycles. The van der Waals surface area contributed by atoms with Crippen molar-refractivity contribution in [1.29, 1.82) is 0 Å². The molecule has 0 unspecified atom stereocenters. The first-order valence-electron chi connectivity index (χ1n) is 6.47. The first-order valence-corrected chi connectivity index (χ1v) is 6.47. The van der Waals surface area contributed by atoms with Gasteiger partial charge in [0.05, 0.1) is 12.6 Å². The molecule has 1 aliphatic rings. The number of carbonyl (C=O) groups is 1. The van der Waals surface area contributed by atoms with Gasteiger partial charge >= 0.3 is 5.97 Å². The van der Waals surface area contributed by atoms with Crippen LogP contribution < -0.4 is 5.43 Å². The van der Waals surface area contributed by atoms with Gasteiger partial charge in [-0.2, -0.15) is 0 Å². The first kappa shape index (κ1) is 12.0. The molecular formula is C15H15NO3. The number of nitrogens with one attached hydrogen (secondary N) is 1. The van der Waals surface area contributed by atoms with Gasteiger partial charge in [0.1, 0.15) is 5.69 Å². The van der Waals surface area contributed by atoms with Gasteiger partial charge in [-0.25, -0.2) is 4.79 Å². The lowest BCUT2D eigenvalue weighted by Gasteiger charge is -2.17. The van der Waals surface area contributed by atoms with Gasteiger partial charge in [-0.15, -0.1) is 0 Å². The summed E-state index contributed by atoms with van der Waals surface area (Å²) in [6.45, 7) is 0. The zero-order valence-electron chi connectivity index (χ0n) is 10.8. The van der Waals surface area contributed by atoms with Gasteiger partial charge in [0.2, 0.25) is 0 Å². The Balaban J connectivity index is 2.31. The minimum atomic E-state index is -0.507. The summed E-state index contributed by atoms with van der Waals surface area (Å²) >= 11 is 0. The van der Waals surface area contributed by atoms with Crippen molar-refractivity contribution in [3.05, 3.63) is 45.2 Å². The average molecular weight is 257 g/mol. The third-order valence-electron chi connectivity index (χ3n) is 3.74. The van der Waals surface area contributed by atoms with Gasteiger partial charge in [-0.05, 0) is 42.9 Å². The topological polar surface area (TPSA) is 59.2 Å². The number of H-pyrrole nitrogens is 1. The molecule has 0 amide bonds. The van der Waals surface area contributed by atoms with Crippen molar-refractivity contribution in [2.24, 2.45) is 0 Å². The normalized spacial score (nSPS) is 14.2. The van der Waals surface area contributed by atoms with E-state index in [1.165, 1.54) is 30.7 Å². The molecule has 0 radical (unpaired) electrons. The Morgan fingerprint density at radius 3 is 2.84 bits per heavy atom. The van der Waals surface area contributed by atoms with E-state index in [-0.39, 0.29) is 11.1 Å². The highest BCUT2D eigenvalue weighted by atomic mass is 16.5. The van der Waals surface area contributed by atoms with Gasteiger partial charge in [-0.3, -0.25) is 4.79 Å². The fourth-order valence-corrected chi connectivity index (χ4v) is 2.78. The number of benzene rings is 1. The molecule has 4 heteroatoms. The molecule has 98 valence electrons. The molecule has 1 aromatic carbocycles. The maximum absolute atomic E-state index is 12.1. The van der Waals surface area contributed by atoms with Crippen molar-refractivity contribution in [2.75, 3.05) is 7.11 Å². The molecule has 0 saturated carbocycles. The highest BCUT2D eigenvalue weighted by Crippen LogP contribution is 2.26. The van der Waals surface area contributed by atoms with E-state index in [0.717, 1.165) is 24.8 Å². The molecule has 0 saturated heterocycles. The average Bonchev–Trinajstić information content (AvgIpc) is 2.46. The Morgan fingerprint density at radius 1 is 1.26 bits per heavy atom. The number of carbonyl (C=O) groups excluding carboxylic acids is 1. The number of aromatic amines is 1. The minimum Gasteiger partial charge on any atom is -0.464 e. The van der Waals surface area contributed by atoms with Crippen LogP contribution in [0.5, 0.6) is 0 Å². The van der Waals surface area contributed by atoms with Crippen LogP contribution in [0, 0.1) is 0 Å². The summed E-state index contributed by atoms with van der Waals surface area (Å²) in [7, 11) is 1.31. The monoisotopic (exact) mass is 257 g/mol. The van der Waals surface area contributed by atoms with Crippen LogP contribution in [-0.4, -0.2) is 18.1 Å². The van der Waals surface area contributed by atoms with Crippen LogP contribution in [0.1, 0.15) is 34.5 Å². The third-order valence-corrected chi connectivity index (χ3v) is 3.74. The van der Waals surface area contributed by atoms with E-state index < -0.39 is 5.97 Å². The molecule has 0 atom stereocenters. The summed E-state index contributed by atoms with van der Waals surface area (Å²) in [6, 6.07) is 5.19. The molecule has 19 heavy (non-hydrogen) atoms. The number of aromatic nitrogens is 1. The van der Waals surface area contributed by atoms with E-state index in [0.29, 0.717) is 5.39 Å². The number of methoxy groups -OCH3 is 1. The SMILES string of the molecule is COC(=O)c1cc(=O)c2ccc3c(c2[nH]1)CCCC3. The Kier molecular flexibility index (Phi) is 2.85. The summed E-state index contributed by atoms with van der Waals surface area (Å²) < 4.78 is 4.68.